The number of aromatic hydroxyl groups is 4. The molecule has 0 heterocycles. The highest BCUT2D eigenvalue weighted by atomic mass is 16.3. The summed E-state index contributed by atoms with van der Waals surface area (Å²) in [5.74, 6) is 0.905. The molecule has 0 saturated heterocycles. The van der Waals surface area contributed by atoms with Crippen LogP contribution in [-0.4, -0.2) is 20.4 Å². The van der Waals surface area contributed by atoms with Gasteiger partial charge in [-0.2, -0.15) is 0 Å². The monoisotopic (exact) mass is 460 g/mol. The number of hydrogen-bond acceptors (Lipinski definition) is 4. The number of benzene rings is 3. The van der Waals surface area contributed by atoms with Gasteiger partial charge in [0.05, 0.1) is 0 Å². The summed E-state index contributed by atoms with van der Waals surface area (Å²) in [6.07, 6.45) is 10.4. The van der Waals surface area contributed by atoms with Crippen molar-refractivity contribution in [1.82, 2.24) is 0 Å². The quantitative estimate of drug-likeness (QED) is 0.207. The average molecular weight is 461 g/mol. The Morgan fingerprint density at radius 2 is 1.26 bits per heavy atom. The largest absolute Gasteiger partial charge is 0.508 e. The Labute approximate surface area is 202 Å². The molecule has 0 aliphatic heterocycles. The SMILES string of the molecule is CCCCCC1CCC(c2ccc(C(c3ccc(O)cc3O)c3ccc(O)cc3O)cc2)CC1. The van der Waals surface area contributed by atoms with Gasteiger partial charge in [0.1, 0.15) is 23.0 Å². The second-order valence-electron chi connectivity index (χ2n) is 9.80. The number of hydrogen-bond donors (Lipinski definition) is 4. The van der Waals surface area contributed by atoms with Crippen molar-refractivity contribution >= 4 is 0 Å². The molecule has 0 amide bonds. The Kier molecular flexibility index (Phi) is 7.66. The maximum Gasteiger partial charge on any atom is 0.123 e. The molecule has 1 fully saturated rings. The zero-order chi connectivity index (χ0) is 24.1. The van der Waals surface area contributed by atoms with E-state index in [1.807, 2.05) is 0 Å². The molecule has 4 nitrogen and oxygen atoms in total. The van der Waals surface area contributed by atoms with Crippen molar-refractivity contribution in [2.75, 3.05) is 0 Å². The molecule has 4 heteroatoms. The molecule has 3 aromatic rings. The van der Waals surface area contributed by atoms with Gasteiger partial charge < -0.3 is 20.4 Å². The molecular formula is C30H36O4. The van der Waals surface area contributed by atoms with Crippen LogP contribution in [0.25, 0.3) is 0 Å². The molecule has 0 atom stereocenters. The van der Waals surface area contributed by atoms with Crippen LogP contribution in [0.3, 0.4) is 0 Å². The summed E-state index contributed by atoms with van der Waals surface area (Å²) < 4.78 is 0. The lowest BCUT2D eigenvalue weighted by atomic mass is 9.76. The van der Waals surface area contributed by atoms with Crippen molar-refractivity contribution in [3.05, 3.63) is 82.9 Å². The van der Waals surface area contributed by atoms with E-state index in [1.165, 1.54) is 81.2 Å². The zero-order valence-corrected chi connectivity index (χ0v) is 20.0. The van der Waals surface area contributed by atoms with Gasteiger partial charge in [-0.25, -0.2) is 0 Å². The van der Waals surface area contributed by atoms with Gasteiger partial charge in [0, 0.05) is 29.2 Å². The molecule has 0 unspecified atom stereocenters. The molecule has 1 aliphatic carbocycles. The van der Waals surface area contributed by atoms with Gasteiger partial charge >= 0.3 is 0 Å². The first-order chi connectivity index (χ1) is 16.5. The highest BCUT2D eigenvalue weighted by Gasteiger charge is 2.25. The summed E-state index contributed by atoms with van der Waals surface area (Å²) in [6.45, 7) is 2.26. The average Bonchev–Trinajstić information content (AvgIpc) is 2.83. The Morgan fingerprint density at radius 1 is 0.706 bits per heavy atom. The fraction of sp³-hybridized carbons (Fsp3) is 0.400. The van der Waals surface area contributed by atoms with Crippen molar-refractivity contribution in [3.63, 3.8) is 0 Å². The van der Waals surface area contributed by atoms with Gasteiger partial charge in [0.25, 0.3) is 0 Å². The maximum absolute atomic E-state index is 10.6. The van der Waals surface area contributed by atoms with Crippen LogP contribution in [0, 0.1) is 5.92 Å². The van der Waals surface area contributed by atoms with Crippen molar-refractivity contribution < 1.29 is 20.4 Å². The molecular weight excluding hydrogens is 424 g/mol. The third kappa shape index (κ3) is 5.49. The van der Waals surface area contributed by atoms with E-state index in [0.717, 1.165) is 11.5 Å². The number of phenolic OH excluding ortho intramolecular Hbond substituents is 4. The van der Waals surface area contributed by atoms with Gasteiger partial charge in [0.15, 0.2) is 0 Å². The lowest BCUT2D eigenvalue weighted by Gasteiger charge is -2.29. The molecule has 0 aromatic heterocycles. The zero-order valence-electron chi connectivity index (χ0n) is 20.0. The van der Waals surface area contributed by atoms with Crippen molar-refractivity contribution in [2.45, 2.75) is 70.1 Å². The van der Waals surface area contributed by atoms with Crippen LogP contribution < -0.4 is 0 Å². The van der Waals surface area contributed by atoms with Crippen LogP contribution >= 0.6 is 0 Å². The smallest absolute Gasteiger partial charge is 0.123 e. The van der Waals surface area contributed by atoms with Crippen LogP contribution in [0.15, 0.2) is 60.7 Å². The van der Waals surface area contributed by atoms with E-state index in [2.05, 4.69) is 31.2 Å². The molecule has 1 saturated carbocycles. The van der Waals surface area contributed by atoms with E-state index in [0.29, 0.717) is 17.0 Å². The second kappa shape index (κ2) is 10.9. The summed E-state index contributed by atoms with van der Waals surface area (Å²) in [6, 6.07) is 17.6. The van der Waals surface area contributed by atoms with E-state index >= 15 is 0 Å². The Hall–Kier alpha value is -3.14. The van der Waals surface area contributed by atoms with E-state index in [4.69, 9.17) is 0 Å². The highest BCUT2D eigenvalue weighted by molar-refractivity contribution is 5.55. The Balaban J connectivity index is 1.57. The molecule has 0 radical (unpaired) electrons. The van der Waals surface area contributed by atoms with Gasteiger partial charge in [-0.1, -0.05) is 69.0 Å². The number of unbranched alkanes of at least 4 members (excludes halogenated alkanes) is 2. The fourth-order valence-electron chi connectivity index (χ4n) is 5.51. The number of rotatable bonds is 8. The highest BCUT2D eigenvalue weighted by Crippen LogP contribution is 2.43. The molecule has 180 valence electrons. The number of phenols is 4. The van der Waals surface area contributed by atoms with Crippen LogP contribution in [-0.2, 0) is 0 Å². The normalized spacial score (nSPS) is 18.3. The van der Waals surface area contributed by atoms with Crippen molar-refractivity contribution in [2.24, 2.45) is 5.92 Å². The molecule has 4 N–H and O–H groups in total. The van der Waals surface area contributed by atoms with E-state index in [9.17, 15) is 20.4 Å². The molecule has 3 aromatic carbocycles. The minimum atomic E-state index is -0.440. The van der Waals surface area contributed by atoms with Gasteiger partial charge in [-0.15, -0.1) is 0 Å². The maximum atomic E-state index is 10.6. The molecule has 34 heavy (non-hydrogen) atoms. The fourth-order valence-corrected chi connectivity index (χ4v) is 5.51. The Bertz CT molecular complexity index is 1030. The molecule has 0 bridgehead atoms. The van der Waals surface area contributed by atoms with Crippen LogP contribution in [0.2, 0.25) is 0 Å². The van der Waals surface area contributed by atoms with Crippen molar-refractivity contribution in [1.29, 1.82) is 0 Å². The summed E-state index contributed by atoms with van der Waals surface area (Å²) in [4.78, 5) is 0. The predicted molar refractivity (Wildman–Crippen MR) is 136 cm³/mol. The van der Waals surface area contributed by atoms with Gasteiger partial charge in [-0.3, -0.25) is 0 Å². The lowest BCUT2D eigenvalue weighted by Crippen LogP contribution is -2.13. The third-order valence-electron chi connectivity index (χ3n) is 7.45. The van der Waals surface area contributed by atoms with E-state index < -0.39 is 5.92 Å². The first-order valence-electron chi connectivity index (χ1n) is 12.6. The van der Waals surface area contributed by atoms with E-state index in [1.54, 1.807) is 12.1 Å². The van der Waals surface area contributed by atoms with E-state index in [-0.39, 0.29) is 23.0 Å². The molecule has 0 spiro atoms. The summed E-state index contributed by atoms with van der Waals surface area (Å²) in [5.41, 5.74) is 3.44. The third-order valence-corrected chi connectivity index (χ3v) is 7.45. The minimum Gasteiger partial charge on any atom is -0.508 e. The van der Waals surface area contributed by atoms with Crippen LogP contribution in [0.1, 0.15) is 92.4 Å². The molecule has 1 aliphatic rings. The summed E-state index contributed by atoms with van der Waals surface area (Å²) >= 11 is 0. The first kappa shape index (κ1) is 24.0. The lowest BCUT2D eigenvalue weighted by molar-refractivity contribution is 0.303. The minimum absolute atomic E-state index is 0.0180. The second-order valence-corrected chi connectivity index (χ2v) is 9.80. The van der Waals surface area contributed by atoms with Gasteiger partial charge in [0.2, 0.25) is 0 Å². The molecule has 4 rings (SSSR count). The first-order valence-corrected chi connectivity index (χ1v) is 12.6. The van der Waals surface area contributed by atoms with Crippen LogP contribution in [0.5, 0.6) is 23.0 Å². The standard InChI is InChI=1S/C30H36O4/c1-2-3-4-5-20-6-8-21(9-7-20)22-10-12-23(13-11-22)30(26-16-14-24(31)18-28(26)33)27-17-15-25(32)19-29(27)34/h10-21,30-34H,2-9H2,1H3. The summed E-state index contributed by atoms with van der Waals surface area (Å²) in [7, 11) is 0. The summed E-state index contributed by atoms with van der Waals surface area (Å²) in [5, 5.41) is 40.7. The van der Waals surface area contributed by atoms with Crippen molar-refractivity contribution in [3.8, 4) is 23.0 Å². The van der Waals surface area contributed by atoms with Crippen LogP contribution in [0.4, 0.5) is 0 Å². The predicted octanol–water partition coefficient (Wildman–Crippen LogP) is 7.54. The topological polar surface area (TPSA) is 80.9 Å². The Morgan fingerprint density at radius 3 is 1.76 bits per heavy atom. The van der Waals surface area contributed by atoms with Gasteiger partial charge in [-0.05, 0) is 60.8 Å².